The summed E-state index contributed by atoms with van der Waals surface area (Å²) in [4.78, 5) is 33.5. The predicted octanol–water partition coefficient (Wildman–Crippen LogP) is 3.51. The summed E-state index contributed by atoms with van der Waals surface area (Å²) in [6.07, 6.45) is 5.46. The van der Waals surface area contributed by atoms with E-state index in [-0.39, 0.29) is 12.2 Å². The molecule has 0 radical (unpaired) electrons. The summed E-state index contributed by atoms with van der Waals surface area (Å²) in [5.74, 6) is 1.71. The molecule has 0 amide bonds. The number of ketones is 1. The van der Waals surface area contributed by atoms with Crippen molar-refractivity contribution in [1.82, 2.24) is 30.0 Å². The van der Waals surface area contributed by atoms with E-state index < -0.39 is 0 Å². The summed E-state index contributed by atoms with van der Waals surface area (Å²) in [6, 6.07) is 11.5. The molecule has 4 aromatic rings. The Morgan fingerprint density at radius 1 is 0.973 bits per heavy atom. The second-order valence-electron chi connectivity index (χ2n) is 9.34. The minimum absolute atomic E-state index is 0.000345. The van der Waals surface area contributed by atoms with Gasteiger partial charge in [0.1, 0.15) is 11.6 Å². The van der Waals surface area contributed by atoms with Crippen LogP contribution in [0.3, 0.4) is 0 Å². The Labute approximate surface area is 217 Å². The van der Waals surface area contributed by atoms with Crippen LogP contribution in [0.2, 0.25) is 0 Å². The van der Waals surface area contributed by atoms with Crippen LogP contribution >= 0.6 is 0 Å². The molecular formula is C28H32N8O. The summed E-state index contributed by atoms with van der Waals surface area (Å²) in [5, 5.41) is 9.59. The molecule has 0 spiro atoms. The molecule has 1 fully saturated rings. The lowest BCUT2D eigenvalue weighted by Gasteiger charge is -2.33. The largest absolute Gasteiger partial charge is 0.356 e. The first-order valence-corrected chi connectivity index (χ1v) is 12.8. The van der Waals surface area contributed by atoms with Crippen LogP contribution in [0.25, 0.3) is 22.2 Å². The van der Waals surface area contributed by atoms with Crippen LogP contribution < -0.4 is 9.80 Å². The first-order valence-electron chi connectivity index (χ1n) is 12.8. The molecule has 4 heterocycles. The Bertz CT molecular complexity index is 1400. The van der Waals surface area contributed by atoms with Gasteiger partial charge in [-0.2, -0.15) is 10.2 Å². The van der Waals surface area contributed by atoms with E-state index in [1.807, 2.05) is 30.3 Å². The van der Waals surface area contributed by atoms with Crippen LogP contribution in [0, 0.1) is 0 Å². The molecule has 1 aliphatic rings. The number of benzene rings is 1. The monoisotopic (exact) mass is 496 g/mol. The Kier molecular flexibility index (Phi) is 7.32. The van der Waals surface area contributed by atoms with Crippen LogP contribution in [0.4, 0.5) is 11.6 Å². The van der Waals surface area contributed by atoms with Gasteiger partial charge in [-0.1, -0.05) is 6.07 Å². The van der Waals surface area contributed by atoms with Gasteiger partial charge in [0.25, 0.3) is 0 Å². The zero-order chi connectivity index (χ0) is 25.8. The number of rotatable bonds is 8. The zero-order valence-electron chi connectivity index (χ0n) is 21.6. The molecule has 37 heavy (non-hydrogen) atoms. The number of hydrogen-bond donors (Lipinski definition) is 0. The van der Waals surface area contributed by atoms with Gasteiger partial charge in [0.15, 0.2) is 5.78 Å². The standard InChI is InChI=1S/C28H32N8O/c1-4-35(5-2)28-19-29-18-25(31-28)20-6-7-24-22(14-20)15-23(32-33-24)17-26(37)21-8-9-30-27(16-21)36-12-10-34(3)11-13-36/h6-9,14-16,18-19H,4-5,10-13,17H2,1-3H3. The third-order valence-electron chi connectivity index (χ3n) is 6.88. The lowest BCUT2D eigenvalue weighted by molar-refractivity contribution is 0.0991. The van der Waals surface area contributed by atoms with Crippen molar-refractivity contribution in [3.63, 3.8) is 0 Å². The van der Waals surface area contributed by atoms with E-state index in [1.165, 1.54) is 0 Å². The molecule has 5 rings (SSSR count). The van der Waals surface area contributed by atoms with Gasteiger partial charge in [-0.05, 0) is 51.2 Å². The molecule has 1 aliphatic heterocycles. The minimum atomic E-state index is 0.000345. The Morgan fingerprint density at radius 2 is 1.78 bits per heavy atom. The number of likely N-dealkylation sites (N-methyl/N-ethyl adjacent to an activating group) is 1. The number of nitrogens with zero attached hydrogens (tertiary/aromatic N) is 8. The fourth-order valence-corrected chi connectivity index (χ4v) is 4.59. The smallest absolute Gasteiger partial charge is 0.169 e. The van der Waals surface area contributed by atoms with Crippen molar-refractivity contribution in [3.05, 3.63) is 66.2 Å². The number of piperazine rings is 1. The fourth-order valence-electron chi connectivity index (χ4n) is 4.59. The molecule has 0 atom stereocenters. The van der Waals surface area contributed by atoms with Crippen LogP contribution in [-0.4, -0.2) is 82.1 Å². The lowest BCUT2D eigenvalue weighted by Crippen LogP contribution is -2.44. The molecular weight excluding hydrogens is 464 g/mol. The highest BCUT2D eigenvalue weighted by molar-refractivity contribution is 5.98. The van der Waals surface area contributed by atoms with Gasteiger partial charge >= 0.3 is 0 Å². The van der Waals surface area contributed by atoms with Crippen molar-refractivity contribution in [2.75, 3.05) is 56.1 Å². The van der Waals surface area contributed by atoms with Gasteiger partial charge < -0.3 is 14.7 Å². The van der Waals surface area contributed by atoms with Crippen molar-refractivity contribution in [3.8, 4) is 11.3 Å². The Balaban J connectivity index is 1.36. The topological polar surface area (TPSA) is 91.2 Å². The van der Waals surface area contributed by atoms with Gasteiger partial charge in [0.05, 0.1) is 35.7 Å². The fraction of sp³-hybridized carbons (Fsp3) is 0.357. The van der Waals surface area contributed by atoms with Gasteiger partial charge in [-0.3, -0.25) is 9.78 Å². The van der Waals surface area contributed by atoms with Crippen molar-refractivity contribution in [1.29, 1.82) is 0 Å². The van der Waals surface area contributed by atoms with Gasteiger partial charge in [-0.15, -0.1) is 0 Å². The second kappa shape index (κ2) is 11.0. The average Bonchev–Trinajstić information content (AvgIpc) is 2.94. The molecule has 9 nitrogen and oxygen atoms in total. The maximum absolute atomic E-state index is 13.1. The van der Waals surface area contributed by atoms with Crippen LogP contribution in [0.1, 0.15) is 29.9 Å². The lowest BCUT2D eigenvalue weighted by atomic mass is 10.0. The summed E-state index contributed by atoms with van der Waals surface area (Å²) in [5.41, 5.74) is 3.80. The van der Waals surface area contributed by atoms with Crippen molar-refractivity contribution >= 4 is 28.3 Å². The molecule has 0 aliphatic carbocycles. The SMILES string of the molecule is CCN(CC)c1cncc(-c2ccc3nnc(CC(=O)c4ccnc(N5CCN(C)CC5)c4)cc3c2)n1. The van der Waals surface area contributed by atoms with E-state index in [1.54, 1.807) is 24.7 Å². The molecule has 190 valence electrons. The zero-order valence-corrected chi connectivity index (χ0v) is 21.6. The van der Waals surface area contributed by atoms with E-state index in [0.29, 0.717) is 11.3 Å². The minimum Gasteiger partial charge on any atom is -0.356 e. The molecule has 0 bridgehead atoms. The van der Waals surface area contributed by atoms with E-state index >= 15 is 0 Å². The number of anilines is 2. The summed E-state index contributed by atoms with van der Waals surface area (Å²) in [7, 11) is 2.12. The first-order chi connectivity index (χ1) is 18.0. The third kappa shape index (κ3) is 5.56. The van der Waals surface area contributed by atoms with Gasteiger partial charge in [0.2, 0.25) is 0 Å². The quantitative estimate of drug-likeness (QED) is 0.340. The highest BCUT2D eigenvalue weighted by atomic mass is 16.1. The third-order valence-corrected chi connectivity index (χ3v) is 6.88. The molecule has 3 aromatic heterocycles. The van der Waals surface area contributed by atoms with Crippen LogP contribution in [0.15, 0.2) is 55.0 Å². The molecule has 1 aromatic carbocycles. The van der Waals surface area contributed by atoms with E-state index in [2.05, 4.69) is 55.8 Å². The van der Waals surface area contributed by atoms with Gasteiger partial charge in [-0.25, -0.2) is 9.97 Å². The highest BCUT2D eigenvalue weighted by Gasteiger charge is 2.17. The molecule has 9 heteroatoms. The van der Waals surface area contributed by atoms with E-state index in [0.717, 1.165) is 73.1 Å². The van der Waals surface area contributed by atoms with Crippen molar-refractivity contribution in [2.45, 2.75) is 20.3 Å². The number of carbonyl (C=O) groups excluding carboxylic acids is 1. The Hall–Kier alpha value is -3.98. The number of hydrogen-bond acceptors (Lipinski definition) is 9. The van der Waals surface area contributed by atoms with E-state index in [4.69, 9.17) is 4.98 Å². The number of Topliss-reactive ketones (excluding diaryl/α,β-unsaturated/α-hetero) is 1. The molecule has 1 saturated heterocycles. The number of aromatic nitrogens is 5. The Morgan fingerprint density at radius 3 is 2.57 bits per heavy atom. The average molecular weight is 497 g/mol. The molecule has 0 saturated carbocycles. The summed E-state index contributed by atoms with van der Waals surface area (Å²) >= 11 is 0. The molecule has 0 unspecified atom stereocenters. The summed E-state index contributed by atoms with van der Waals surface area (Å²) in [6.45, 7) is 9.73. The van der Waals surface area contributed by atoms with Crippen LogP contribution in [-0.2, 0) is 6.42 Å². The maximum atomic E-state index is 13.1. The van der Waals surface area contributed by atoms with Crippen molar-refractivity contribution < 1.29 is 4.79 Å². The predicted molar refractivity (Wildman–Crippen MR) is 146 cm³/mol. The second-order valence-corrected chi connectivity index (χ2v) is 9.34. The highest BCUT2D eigenvalue weighted by Crippen LogP contribution is 2.24. The van der Waals surface area contributed by atoms with Crippen molar-refractivity contribution in [2.24, 2.45) is 0 Å². The van der Waals surface area contributed by atoms with Gasteiger partial charge in [0, 0.05) is 62.0 Å². The maximum Gasteiger partial charge on any atom is 0.169 e. The van der Waals surface area contributed by atoms with E-state index in [9.17, 15) is 4.79 Å². The number of pyridine rings is 1. The number of fused-ring (bicyclic) bond motifs is 1. The summed E-state index contributed by atoms with van der Waals surface area (Å²) < 4.78 is 0. The first kappa shape index (κ1) is 24.7. The molecule has 0 N–H and O–H groups in total. The number of carbonyl (C=O) groups is 1. The normalized spacial score (nSPS) is 14.2. The van der Waals surface area contributed by atoms with Crippen LogP contribution in [0.5, 0.6) is 0 Å².